The number of benzene rings is 2. The molecule has 2 aromatic carbocycles. The van der Waals surface area contributed by atoms with Crippen molar-refractivity contribution in [3.63, 3.8) is 0 Å². The Balaban J connectivity index is 1.95. The molecule has 0 fully saturated rings. The predicted molar refractivity (Wildman–Crippen MR) is 193 cm³/mol. The van der Waals surface area contributed by atoms with Gasteiger partial charge < -0.3 is 55.0 Å². The number of nitrogens with zero attached hydrogens (tertiary/aromatic N) is 1. The molecule has 0 radical (unpaired) electrons. The highest BCUT2D eigenvalue weighted by atomic mass is 16.7. The number of hydrogen-bond acceptors (Lipinski definition) is 14. The number of phenolic OH excluding ortho intramolecular Hbond substituents is 3. The number of Topliss-reactive ketones (excluding diaryl/α,β-unsaturated/α-hetero) is 1. The monoisotopic (exact) mass is 740 g/mol. The third kappa shape index (κ3) is 7.54. The van der Waals surface area contributed by atoms with Gasteiger partial charge >= 0.3 is 11.8 Å². The minimum atomic E-state index is -2.07. The van der Waals surface area contributed by atoms with Crippen LogP contribution in [0.4, 0.5) is 5.69 Å². The lowest BCUT2D eigenvalue weighted by atomic mass is 9.78. The number of aromatic hydroxyl groups is 3. The van der Waals surface area contributed by atoms with E-state index in [1.54, 1.807) is 33.8 Å². The van der Waals surface area contributed by atoms with Crippen LogP contribution in [0.5, 0.6) is 23.0 Å². The van der Waals surface area contributed by atoms with Crippen molar-refractivity contribution in [2.24, 2.45) is 28.8 Å². The van der Waals surface area contributed by atoms with E-state index >= 15 is 0 Å². The number of nitrogens with one attached hydrogen (secondary N) is 1. The number of allylic oxidation sites excluding steroid dienone is 2. The van der Waals surface area contributed by atoms with Crippen molar-refractivity contribution < 1.29 is 64.1 Å². The van der Waals surface area contributed by atoms with Crippen LogP contribution in [0, 0.1) is 30.6 Å². The van der Waals surface area contributed by atoms with Crippen molar-refractivity contribution in [3.05, 3.63) is 52.8 Å². The van der Waals surface area contributed by atoms with Gasteiger partial charge in [-0.25, -0.2) is 0 Å². The van der Waals surface area contributed by atoms with Gasteiger partial charge in [0.2, 0.25) is 0 Å². The van der Waals surface area contributed by atoms with Gasteiger partial charge in [0, 0.05) is 61.2 Å². The van der Waals surface area contributed by atoms with Crippen LogP contribution in [0.25, 0.3) is 10.8 Å². The second-order valence-corrected chi connectivity index (χ2v) is 13.9. The molecule has 3 heterocycles. The second-order valence-electron chi connectivity index (χ2n) is 13.9. The highest BCUT2D eigenvalue weighted by molar-refractivity contribution is 6.23. The lowest BCUT2D eigenvalue weighted by molar-refractivity contribution is -0.160. The summed E-state index contributed by atoms with van der Waals surface area (Å²) in [6.07, 6.45) is 4.01. The van der Waals surface area contributed by atoms with E-state index in [1.165, 1.54) is 53.0 Å². The fourth-order valence-electron chi connectivity index (χ4n) is 6.93. The van der Waals surface area contributed by atoms with Crippen LogP contribution in [-0.4, -0.2) is 91.9 Å². The van der Waals surface area contributed by atoms with Crippen molar-refractivity contribution in [3.8, 4) is 23.0 Å². The number of methoxy groups -OCH3 is 1. The number of rotatable bonds is 3. The van der Waals surface area contributed by atoms with E-state index in [0.717, 1.165) is 12.5 Å². The van der Waals surface area contributed by atoms with Gasteiger partial charge in [0.1, 0.15) is 23.4 Å². The van der Waals surface area contributed by atoms with Gasteiger partial charge in [-0.2, -0.15) is 0 Å². The fourth-order valence-corrected chi connectivity index (χ4v) is 6.93. The highest BCUT2D eigenvalue weighted by Gasteiger charge is 2.50. The molecule has 3 aliphatic rings. The molecule has 0 saturated heterocycles. The van der Waals surface area contributed by atoms with Crippen LogP contribution in [-0.2, 0) is 23.8 Å². The molecule has 0 aromatic heterocycles. The first kappa shape index (κ1) is 40.6. The topological polar surface area (TPSA) is 234 Å². The quantitative estimate of drug-likeness (QED) is 0.0572. The number of ketones is 1. The van der Waals surface area contributed by atoms with Gasteiger partial charge in [0.05, 0.1) is 53.0 Å². The molecule has 1 amide bonds. The van der Waals surface area contributed by atoms with Crippen molar-refractivity contribution in [2.45, 2.75) is 85.6 Å². The standard InChI is InChI=1S/C38H48N2O13/c1-16-11-10-12-17(2)37(48)40-28-23(15-39-49)32(45)25-26(33(28)46)31(44)21(6)35-27(25)36(47)38(8,53-35)51-14-13-24(50-9)18(3)34(52-22(7)41)20(5)30(43)19(4)29(16)42/h10-16,18-20,24,29-30,34,42-46,49H,1-9H3,(H,40,48)/b11-10-,14-13-,17-12-,39-15?/t16-,18+,19+,20+,24-,29-,30+,34+,38-/m0/s1. The lowest BCUT2D eigenvalue weighted by Gasteiger charge is -2.38. The number of aliphatic hydroxyl groups excluding tert-OH is 2. The summed E-state index contributed by atoms with van der Waals surface area (Å²) in [4.78, 5) is 39.7. The molecule has 0 aliphatic carbocycles. The predicted octanol–water partition coefficient (Wildman–Crippen LogP) is 4.56. The molecular weight excluding hydrogens is 692 g/mol. The molecule has 15 heteroatoms. The summed E-state index contributed by atoms with van der Waals surface area (Å²) in [6, 6.07) is 0. The first-order valence-corrected chi connectivity index (χ1v) is 17.1. The maximum absolute atomic E-state index is 14.1. The van der Waals surface area contributed by atoms with Gasteiger partial charge in [0.25, 0.3) is 11.7 Å². The zero-order valence-electron chi connectivity index (χ0n) is 31.1. The molecule has 0 saturated carbocycles. The normalized spacial score (nSPS) is 32.2. The Hall–Kier alpha value is -5.12. The van der Waals surface area contributed by atoms with E-state index in [1.807, 2.05) is 0 Å². The number of carbonyl (C=O) groups excluding carboxylic acids is 3. The number of ether oxygens (including phenoxy) is 4. The van der Waals surface area contributed by atoms with Crippen LogP contribution >= 0.6 is 0 Å². The second kappa shape index (κ2) is 15.9. The molecule has 15 nitrogen and oxygen atoms in total. The number of aliphatic hydroxyl groups is 2. The van der Waals surface area contributed by atoms with Crippen molar-refractivity contribution in [1.82, 2.24) is 0 Å². The number of hydrogen-bond donors (Lipinski definition) is 7. The summed E-state index contributed by atoms with van der Waals surface area (Å²) in [6.45, 7) is 12.2. The van der Waals surface area contributed by atoms with E-state index < -0.39 is 105 Å². The van der Waals surface area contributed by atoms with Gasteiger partial charge in [-0.3, -0.25) is 14.4 Å². The number of esters is 1. The summed E-state index contributed by atoms with van der Waals surface area (Å²) in [5.74, 6) is -9.00. The third-order valence-corrected chi connectivity index (χ3v) is 10.2. The molecule has 3 aliphatic heterocycles. The summed E-state index contributed by atoms with van der Waals surface area (Å²) >= 11 is 0. The zero-order valence-corrected chi connectivity index (χ0v) is 31.1. The van der Waals surface area contributed by atoms with Crippen LogP contribution in [0.3, 0.4) is 0 Å². The lowest BCUT2D eigenvalue weighted by Crippen LogP contribution is -2.46. The van der Waals surface area contributed by atoms with E-state index in [9.17, 15) is 45.1 Å². The Kier molecular flexibility index (Phi) is 12.2. The maximum atomic E-state index is 14.1. The molecule has 7 N–H and O–H groups in total. The van der Waals surface area contributed by atoms with Crippen molar-refractivity contribution in [1.29, 1.82) is 0 Å². The Morgan fingerprint density at radius 2 is 1.62 bits per heavy atom. The van der Waals surface area contributed by atoms with Gasteiger partial charge in [-0.15, -0.1) is 0 Å². The minimum absolute atomic E-state index is 0.00476. The first-order chi connectivity index (χ1) is 24.8. The summed E-state index contributed by atoms with van der Waals surface area (Å²) < 4.78 is 23.2. The fraction of sp³-hybridized carbons (Fsp3) is 0.474. The van der Waals surface area contributed by atoms with Gasteiger partial charge in [-0.05, 0) is 19.9 Å². The number of carbonyl (C=O) groups is 3. The summed E-state index contributed by atoms with van der Waals surface area (Å²) in [7, 11) is 1.41. The SMILES string of the molecule is CO[C@H]1/C=C\O[C@@]2(C)Oc3c(C)c(O)c4c(O)c(c(C=NO)c(O)c4c3C2=O)NC(=O)/C(C)=C\C=C/[C@H](C)[C@H](O)[C@@H](C)[C@@H](O)[C@@H](C)[C@H](OC(C)=O)[C@@H]1C. The number of anilines is 1. The largest absolute Gasteiger partial charge is 0.507 e. The summed E-state index contributed by atoms with van der Waals surface area (Å²) in [5.41, 5.74) is -0.978. The Bertz CT molecular complexity index is 1900. The van der Waals surface area contributed by atoms with Crippen LogP contribution in [0.1, 0.15) is 70.0 Å². The molecule has 288 valence electrons. The van der Waals surface area contributed by atoms with E-state index in [4.69, 9.17) is 18.9 Å². The molecule has 5 bridgehead atoms. The Morgan fingerprint density at radius 1 is 0.962 bits per heavy atom. The molecule has 5 rings (SSSR count). The average Bonchev–Trinajstić information content (AvgIpc) is 3.38. The number of fused-ring (bicyclic) bond motifs is 14. The molecule has 0 unspecified atom stereocenters. The average molecular weight is 741 g/mol. The maximum Gasteiger partial charge on any atom is 0.312 e. The molecular formula is C38H48N2O13. The van der Waals surface area contributed by atoms with E-state index in [2.05, 4.69) is 10.5 Å². The molecule has 9 atom stereocenters. The van der Waals surface area contributed by atoms with Gasteiger partial charge in [-0.1, -0.05) is 51.1 Å². The Morgan fingerprint density at radius 3 is 2.23 bits per heavy atom. The highest BCUT2D eigenvalue weighted by Crippen LogP contribution is 2.55. The van der Waals surface area contributed by atoms with E-state index in [-0.39, 0.29) is 27.8 Å². The number of phenols is 3. The Labute approximate surface area is 306 Å². The van der Waals surface area contributed by atoms with Crippen molar-refractivity contribution >= 4 is 40.3 Å². The van der Waals surface area contributed by atoms with Crippen LogP contribution in [0.15, 0.2) is 41.3 Å². The van der Waals surface area contributed by atoms with Crippen molar-refractivity contribution in [2.75, 3.05) is 12.4 Å². The van der Waals surface area contributed by atoms with Crippen LogP contribution in [0.2, 0.25) is 0 Å². The molecule has 2 aromatic rings. The minimum Gasteiger partial charge on any atom is -0.507 e. The third-order valence-electron chi connectivity index (χ3n) is 10.2. The number of oxime groups is 1. The zero-order chi connectivity index (χ0) is 39.7. The van der Waals surface area contributed by atoms with Crippen LogP contribution < -0.4 is 10.1 Å². The molecule has 53 heavy (non-hydrogen) atoms. The van der Waals surface area contributed by atoms with E-state index in [0.29, 0.717) is 0 Å². The smallest absolute Gasteiger partial charge is 0.312 e. The van der Waals surface area contributed by atoms with Gasteiger partial charge in [0.15, 0.2) is 5.75 Å². The molecule has 0 spiro atoms. The number of amides is 1. The first-order valence-electron chi connectivity index (χ1n) is 17.1. The summed E-state index contributed by atoms with van der Waals surface area (Å²) in [5, 5.41) is 71.2.